The van der Waals surface area contributed by atoms with Crippen molar-refractivity contribution in [3.05, 3.63) is 18.2 Å². The van der Waals surface area contributed by atoms with Crippen molar-refractivity contribution in [1.29, 1.82) is 0 Å². The fraction of sp³-hybridized carbons (Fsp3) is 0.300. The van der Waals surface area contributed by atoms with E-state index in [0.717, 1.165) is 0 Å². The fourth-order valence-corrected chi connectivity index (χ4v) is 2.17. The smallest absolute Gasteiger partial charge is 0.287 e. The van der Waals surface area contributed by atoms with Crippen LogP contribution >= 0.6 is 0 Å². The van der Waals surface area contributed by atoms with E-state index in [2.05, 4.69) is 4.40 Å². The minimum absolute atomic E-state index is 0.00713. The van der Waals surface area contributed by atoms with E-state index in [1.807, 2.05) is 0 Å². The van der Waals surface area contributed by atoms with Crippen molar-refractivity contribution in [3.63, 3.8) is 0 Å². The van der Waals surface area contributed by atoms with Gasteiger partial charge in [0.25, 0.3) is 10.0 Å². The highest BCUT2D eigenvalue weighted by molar-refractivity contribution is 7.90. The van der Waals surface area contributed by atoms with Crippen LogP contribution in [0.15, 0.2) is 27.5 Å². The van der Waals surface area contributed by atoms with Crippen molar-refractivity contribution >= 4 is 22.0 Å². The van der Waals surface area contributed by atoms with Gasteiger partial charge in [-0.25, -0.2) is 0 Å². The Morgan fingerprint density at radius 2 is 2.06 bits per heavy atom. The molecule has 1 aromatic carbocycles. The summed E-state index contributed by atoms with van der Waals surface area (Å²) in [6, 6.07) is 4.30. The summed E-state index contributed by atoms with van der Waals surface area (Å²) < 4.78 is 32.3. The third kappa shape index (κ3) is 3.35. The summed E-state index contributed by atoms with van der Waals surface area (Å²) in [7, 11) is 0.970. The van der Waals surface area contributed by atoms with Gasteiger partial charge in [-0.1, -0.05) is 0 Å². The normalized spacial score (nSPS) is 11.7. The maximum atomic E-state index is 11.9. The zero-order valence-corrected chi connectivity index (χ0v) is 10.7. The van der Waals surface area contributed by atoms with Gasteiger partial charge in [0.15, 0.2) is 0 Å². The Bertz CT molecular complexity index is 524. The molecule has 0 aliphatic rings. The first kappa shape index (κ1) is 13.3. The topological polar surface area (TPSA) is 85.0 Å². The summed E-state index contributed by atoms with van der Waals surface area (Å²) in [6.07, 6.45) is 1.21. The van der Waals surface area contributed by atoms with E-state index in [1.54, 1.807) is 14.1 Å². The van der Waals surface area contributed by atoms with E-state index in [-0.39, 0.29) is 10.6 Å². The van der Waals surface area contributed by atoms with Crippen LogP contribution in [0.2, 0.25) is 0 Å². The van der Waals surface area contributed by atoms with E-state index in [1.165, 1.54) is 36.5 Å². The quantitative estimate of drug-likeness (QED) is 0.484. The van der Waals surface area contributed by atoms with Gasteiger partial charge in [-0.3, -0.25) is 0 Å². The number of benzene rings is 1. The first-order chi connectivity index (χ1) is 7.86. The maximum Gasteiger partial charge on any atom is 0.287 e. The zero-order chi connectivity index (χ0) is 13.1. The van der Waals surface area contributed by atoms with Gasteiger partial charge in [-0.15, -0.1) is 4.40 Å². The molecule has 0 saturated heterocycles. The first-order valence-corrected chi connectivity index (χ1v) is 6.21. The monoisotopic (exact) mass is 257 g/mol. The highest BCUT2D eigenvalue weighted by Crippen LogP contribution is 2.27. The van der Waals surface area contributed by atoms with Crippen LogP contribution in [0.25, 0.3) is 0 Å². The second kappa shape index (κ2) is 5.05. The minimum atomic E-state index is -3.77. The van der Waals surface area contributed by atoms with Gasteiger partial charge in [-0.05, 0) is 12.1 Å². The molecule has 2 N–H and O–H groups in total. The Kier molecular flexibility index (Phi) is 3.95. The van der Waals surface area contributed by atoms with Gasteiger partial charge in [0.05, 0.1) is 7.11 Å². The second-order valence-corrected chi connectivity index (χ2v) is 5.17. The van der Waals surface area contributed by atoms with Crippen LogP contribution in [0.5, 0.6) is 5.75 Å². The van der Waals surface area contributed by atoms with Gasteiger partial charge >= 0.3 is 0 Å². The van der Waals surface area contributed by atoms with Crippen LogP contribution in [0.4, 0.5) is 5.69 Å². The van der Waals surface area contributed by atoms with Crippen molar-refractivity contribution in [2.45, 2.75) is 4.90 Å². The predicted octanol–water partition coefficient (Wildman–Crippen LogP) is 0.556. The number of hydrogen-bond acceptors (Lipinski definition) is 4. The van der Waals surface area contributed by atoms with Crippen LogP contribution in [-0.4, -0.2) is 40.9 Å². The first-order valence-electron chi connectivity index (χ1n) is 4.77. The molecule has 17 heavy (non-hydrogen) atoms. The summed E-state index contributed by atoms with van der Waals surface area (Å²) in [5, 5.41) is 0. The molecule has 0 aliphatic carbocycles. The summed E-state index contributed by atoms with van der Waals surface area (Å²) in [4.78, 5) is 1.52. The van der Waals surface area contributed by atoms with Crippen LogP contribution < -0.4 is 10.5 Å². The summed E-state index contributed by atoms with van der Waals surface area (Å²) in [5.74, 6) is 0.181. The molecule has 1 rings (SSSR count). The Hall–Kier alpha value is -1.76. The molecule has 0 unspecified atom stereocenters. The molecule has 0 spiro atoms. The van der Waals surface area contributed by atoms with Gasteiger partial charge in [0.2, 0.25) is 0 Å². The average Bonchev–Trinajstić information content (AvgIpc) is 2.26. The van der Waals surface area contributed by atoms with Crippen molar-refractivity contribution in [3.8, 4) is 5.75 Å². The van der Waals surface area contributed by atoms with Gasteiger partial charge in [0, 0.05) is 25.8 Å². The molecule has 0 heterocycles. The van der Waals surface area contributed by atoms with Crippen molar-refractivity contribution in [2.75, 3.05) is 26.9 Å². The zero-order valence-electron chi connectivity index (χ0n) is 9.91. The lowest BCUT2D eigenvalue weighted by molar-refractivity contribution is 0.403. The van der Waals surface area contributed by atoms with Crippen LogP contribution in [-0.2, 0) is 10.0 Å². The lowest BCUT2D eigenvalue weighted by atomic mass is 10.3. The number of sulfonamides is 1. The largest absolute Gasteiger partial charge is 0.495 e. The Morgan fingerprint density at radius 3 is 2.59 bits per heavy atom. The summed E-state index contributed by atoms with van der Waals surface area (Å²) in [5.41, 5.74) is 5.98. The van der Waals surface area contributed by atoms with E-state index >= 15 is 0 Å². The number of nitrogens with zero attached hydrogens (tertiary/aromatic N) is 2. The molecule has 0 aromatic heterocycles. The molecule has 0 atom stereocenters. The number of nitrogen functional groups attached to an aromatic ring is 1. The van der Waals surface area contributed by atoms with Crippen molar-refractivity contribution < 1.29 is 13.2 Å². The number of hydrogen-bond donors (Lipinski definition) is 1. The lowest BCUT2D eigenvalue weighted by Crippen LogP contribution is -2.10. The van der Waals surface area contributed by atoms with E-state index in [4.69, 9.17) is 10.5 Å². The Balaban J connectivity index is 3.24. The maximum absolute atomic E-state index is 11.9. The number of rotatable bonds is 4. The van der Waals surface area contributed by atoms with Gasteiger partial charge in [-0.2, -0.15) is 8.42 Å². The van der Waals surface area contributed by atoms with Crippen LogP contribution in [0.3, 0.4) is 0 Å². The van der Waals surface area contributed by atoms with E-state index in [9.17, 15) is 8.42 Å². The number of methoxy groups -OCH3 is 1. The Morgan fingerprint density at radius 1 is 1.41 bits per heavy atom. The number of ether oxygens (including phenoxy) is 1. The summed E-state index contributed by atoms with van der Waals surface area (Å²) >= 11 is 0. The van der Waals surface area contributed by atoms with Gasteiger partial charge < -0.3 is 15.4 Å². The van der Waals surface area contributed by atoms with Crippen LogP contribution in [0.1, 0.15) is 0 Å². The molecule has 6 nitrogen and oxygen atoms in total. The fourth-order valence-electron chi connectivity index (χ4n) is 1.11. The molecule has 1 aromatic rings. The highest BCUT2D eigenvalue weighted by atomic mass is 32.2. The molecule has 0 aliphatic heterocycles. The summed E-state index contributed by atoms with van der Waals surface area (Å²) in [6.45, 7) is 0. The van der Waals surface area contributed by atoms with E-state index < -0.39 is 10.0 Å². The average molecular weight is 257 g/mol. The molecule has 0 radical (unpaired) electrons. The molecular weight excluding hydrogens is 242 g/mol. The Labute approximate surface area is 101 Å². The molecule has 94 valence electrons. The lowest BCUT2D eigenvalue weighted by Gasteiger charge is -2.08. The van der Waals surface area contributed by atoms with Crippen molar-refractivity contribution in [1.82, 2.24) is 4.90 Å². The third-order valence-electron chi connectivity index (χ3n) is 1.88. The third-order valence-corrected chi connectivity index (χ3v) is 3.15. The molecule has 7 heteroatoms. The number of anilines is 1. The molecule has 0 saturated carbocycles. The molecule has 0 amide bonds. The SMILES string of the molecule is COc1cc(N)ccc1S(=O)(=O)/N=C/N(C)C. The van der Waals surface area contributed by atoms with Crippen molar-refractivity contribution in [2.24, 2.45) is 4.40 Å². The highest BCUT2D eigenvalue weighted by Gasteiger charge is 2.18. The molecule has 0 bridgehead atoms. The van der Waals surface area contributed by atoms with E-state index in [0.29, 0.717) is 5.69 Å². The minimum Gasteiger partial charge on any atom is -0.495 e. The second-order valence-electron chi connectivity index (χ2n) is 3.57. The molecule has 0 fully saturated rings. The standard InChI is InChI=1S/C10H15N3O3S/c1-13(2)7-12-17(14,15)10-5-4-8(11)6-9(10)16-3/h4-7H,11H2,1-3H3/b12-7+. The number of nitrogens with two attached hydrogens (primary N) is 1. The molecular formula is C10H15N3O3S. The van der Waals surface area contributed by atoms with Crippen LogP contribution in [0, 0.1) is 0 Å². The predicted molar refractivity (Wildman–Crippen MR) is 66.8 cm³/mol. The van der Waals surface area contributed by atoms with Gasteiger partial charge in [0.1, 0.15) is 17.0 Å².